The number of nitrogens with zero attached hydrogens (tertiary/aromatic N) is 9. The van der Waals surface area contributed by atoms with Gasteiger partial charge in [-0.25, -0.2) is 14.1 Å². The van der Waals surface area contributed by atoms with Crippen molar-refractivity contribution in [3.05, 3.63) is 102 Å². The minimum absolute atomic E-state index is 0.00816. The van der Waals surface area contributed by atoms with E-state index in [4.69, 9.17) is 5.26 Å². The SMILES string of the molecule is N#Cc1ccc2nc(N3CCN(c4ccc(-c5ccc(C(F)(F)[C@]6(O)Cn7nnnc7-c7cc(F)ccc76)nc5)cc4)CC3)[nH]c2c1. The number of nitriles is 1. The van der Waals surface area contributed by atoms with Crippen LogP contribution in [0.25, 0.3) is 33.5 Å². The number of aromatic amines is 1. The molecule has 0 amide bonds. The molecule has 0 saturated carbocycles. The second kappa shape index (κ2) is 10.6. The van der Waals surface area contributed by atoms with E-state index in [-0.39, 0.29) is 17.0 Å². The van der Waals surface area contributed by atoms with Crippen molar-refractivity contribution in [3.8, 4) is 28.6 Å². The molecule has 5 heterocycles. The number of alkyl halides is 2. The standard InChI is InChI=1S/C33H25F3N10O/c34-23-5-8-26-25(16-23)30-41-42-43-46(30)19-32(26,47)33(35,36)29-10-4-22(18-38-29)21-2-6-24(7-3-21)44-11-13-45(14-12-44)31-39-27-9-1-20(17-37)15-28(27)40-31/h1-10,15-16,18,47H,11-14,19H2,(H,39,40)/t32-/m0/s1. The molecule has 0 radical (unpaired) electrons. The smallest absolute Gasteiger partial charge is 0.323 e. The Kier molecular flexibility index (Phi) is 6.48. The molecule has 2 aliphatic heterocycles. The summed E-state index contributed by atoms with van der Waals surface area (Å²) in [7, 11) is 0. The first-order chi connectivity index (χ1) is 22.7. The maximum Gasteiger partial charge on any atom is 0.323 e. The van der Waals surface area contributed by atoms with Gasteiger partial charge in [-0.2, -0.15) is 14.0 Å². The first-order valence-electron chi connectivity index (χ1n) is 14.9. The van der Waals surface area contributed by atoms with Crippen LogP contribution in [-0.2, 0) is 18.1 Å². The van der Waals surface area contributed by atoms with Crippen molar-refractivity contribution < 1.29 is 18.3 Å². The van der Waals surface area contributed by atoms with Gasteiger partial charge in [-0.05, 0) is 64.5 Å². The van der Waals surface area contributed by atoms with Gasteiger partial charge in [0.25, 0.3) is 0 Å². The van der Waals surface area contributed by atoms with Crippen LogP contribution in [0.2, 0.25) is 0 Å². The van der Waals surface area contributed by atoms with Crippen molar-refractivity contribution in [2.45, 2.75) is 18.1 Å². The number of H-pyrrole nitrogens is 1. The lowest BCUT2D eigenvalue weighted by Gasteiger charge is -2.39. The number of rotatable bonds is 5. The predicted octanol–water partition coefficient (Wildman–Crippen LogP) is 4.61. The van der Waals surface area contributed by atoms with Crippen molar-refractivity contribution in [1.82, 2.24) is 35.2 Å². The van der Waals surface area contributed by atoms with Gasteiger partial charge < -0.3 is 19.9 Å². The molecule has 1 saturated heterocycles. The Balaban J connectivity index is 0.970. The lowest BCUT2D eigenvalue weighted by atomic mass is 9.80. The molecule has 47 heavy (non-hydrogen) atoms. The Morgan fingerprint density at radius 2 is 1.68 bits per heavy atom. The number of imidazole rings is 1. The molecule has 0 bridgehead atoms. The lowest BCUT2D eigenvalue weighted by molar-refractivity contribution is -0.207. The molecule has 0 aliphatic carbocycles. The summed E-state index contributed by atoms with van der Waals surface area (Å²) in [6.45, 7) is 2.42. The number of benzene rings is 3. The van der Waals surface area contributed by atoms with Crippen LogP contribution in [0.1, 0.15) is 16.8 Å². The molecule has 0 spiro atoms. The zero-order chi connectivity index (χ0) is 32.3. The Morgan fingerprint density at radius 3 is 2.43 bits per heavy atom. The number of fused-ring (bicyclic) bond motifs is 4. The Labute approximate surface area is 265 Å². The summed E-state index contributed by atoms with van der Waals surface area (Å²) in [6, 6.07) is 21.3. The fraction of sp³-hybridized carbons (Fsp3) is 0.212. The number of hydrogen-bond acceptors (Lipinski definition) is 9. The number of piperazine rings is 1. The Hall–Kier alpha value is -5.81. The van der Waals surface area contributed by atoms with Gasteiger partial charge in [-0.1, -0.05) is 24.3 Å². The molecule has 11 nitrogen and oxygen atoms in total. The largest absolute Gasteiger partial charge is 0.377 e. The molecule has 1 fully saturated rings. The molecule has 8 rings (SSSR count). The molecule has 234 valence electrons. The Bertz CT molecular complexity index is 2170. The first kappa shape index (κ1) is 28.6. The fourth-order valence-electron chi connectivity index (χ4n) is 6.36. The van der Waals surface area contributed by atoms with Crippen LogP contribution in [-0.4, -0.2) is 66.4 Å². The van der Waals surface area contributed by atoms with E-state index < -0.39 is 29.6 Å². The van der Waals surface area contributed by atoms with Crippen LogP contribution in [0, 0.1) is 17.1 Å². The summed E-state index contributed by atoms with van der Waals surface area (Å²) in [4.78, 5) is 16.5. The summed E-state index contributed by atoms with van der Waals surface area (Å²) in [5, 5.41) is 31.7. The minimum Gasteiger partial charge on any atom is -0.377 e. The number of hydrogen-bond donors (Lipinski definition) is 2. The van der Waals surface area contributed by atoms with Gasteiger partial charge in [0.05, 0.1) is 29.2 Å². The molecule has 2 aliphatic rings. The molecule has 0 unspecified atom stereocenters. The zero-order valence-corrected chi connectivity index (χ0v) is 24.6. The molecule has 14 heteroatoms. The Morgan fingerprint density at radius 1 is 0.915 bits per heavy atom. The van der Waals surface area contributed by atoms with Gasteiger partial charge in [0, 0.05) is 54.8 Å². The molecular weight excluding hydrogens is 609 g/mol. The van der Waals surface area contributed by atoms with E-state index in [1.165, 1.54) is 18.3 Å². The lowest BCUT2D eigenvalue weighted by Crippen LogP contribution is -2.49. The first-order valence-corrected chi connectivity index (χ1v) is 14.9. The summed E-state index contributed by atoms with van der Waals surface area (Å²) >= 11 is 0. The third-order valence-electron chi connectivity index (χ3n) is 8.93. The van der Waals surface area contributed by atoms with E-state index in [1.54, 1.807) is 12.1 Å². The quantitative estimate of drug-likeness (QED) is 0.279. The molecular formula is C33H25F3N10O. The molecule has 1 atom stereocenters. The van der Waals surface area contributed by atoms with Gasteiger partial charge in [0.2, 0.25) is 5.95 Å². The molecule has 3 aromatic heterocycles. The van der Waals surface area contributed by atoms with Crippen LogP contribution in [0.5, 0.6) is 0 Å². The summed E-state index contributed by atoms with van der Waals surface area (Å²) in [6.07, 6.45) is 1.35. The minimum atomic E-state index is -3.87. The number of halogens is 3. The van der Waals surface area contributed by atoms with Crippen molar-refractivity contribution >= 4 is 22.7 Å². The van der Waals surface area contributed by atoms with E-state index in [9.17, 15) is 9.50 Å². The van der Waals surface area contributed by atoms with Crippen LogP contribution >= 0.6 is 0 Å². The summed E-state index contributed by atoms with van der Waals surface area (Å²) in [5.41, 5.74) is 1.09. The van der Waals surface area contributed by atoms with Crippen LogP contribution < -0.4 is 9.80 Å². The number of tetrazole rings is 1. The van der Waals surface area contributed by atoms with Crippen LogP contribution in [0.3, 0.4) is 0 Å². The van der Waals surface area contributed by atoms with Gasteiger partial charge in [0.15, 0.2) is 11.4 Å². The second-order valence-corrected chi connectivity index (χ2v) is 11.6. The van der Waals surface area contributed by atoms with E-state index in [1.807, 2.05) is 30.3 Å². The van der Waals surface area contributed by atoms with E-state index in [0.29, 0.717) is 11.1 Å². The van der Waals surface area contributed by atoms with Crippen molar-refractivity contribution in [2.75, 3.05) is 36.0 Å². The summed E-state index contributed by atoms with van der Waals surface area (Å²) in [5.74, 6) is -3.66. The third-order valence-corrected chi connectivity index (χ3v) is 8.93. The van der Waals surface area contributed by atoms with Gasteiger partial charge in [-0.15, -0.1) is 5.10 Å². The number of nitrogens with one attached hydrogen (secondary N) is 1. The van der Waals surface area contributed by atoms with E-state index in [0.717, 1.165) is 77.3 Å². The van der Waals surface area contributed by atoms with Crippen molar-refractivity contribution in [1.29, 1.82) is 5.26 Å². The van der Waals surface area contributed by atoms with E-state index >= 15 is 8.78 Å². The van der Waals surface area contributed by atoms with Gasteiger partial charge in [0.1, 0.15) is 11.5 Å². The second-order valence-electron chi connectivity index (χ2n) is 11.6. The highest BCUT2D eigenvalue weighted by Crippen LogP contribution is 2.50. The normalized spacial score (nSPS) is 17.8. The number of aromatic nitrogens is 7. The maximum absolute atomic E-state index is 16.1. The number of aliphatic hydroxyl groups is 1. The van der Waals surface area contributed by atoms with Gasteiger partial charge in [-0.3, -0.25) is 4.98 Å². The molecule has 2 N–H and O–H groups in total. The van der Waals surface area contributed by atoms with E-state index in [2.05, 4.69) is 46.3 Å². The maximum atomic E-state index is 16.1. The summed E-state index contributed by atoms with van der Waals surface area (Å²) < 4.78 is 47.3. The van der Waals surface area contributed by atoms with Crippen LogP contribution in [0.15, 0.2) is 79.0 Å². The highest BCUT2D eigenvalue weighted by molar-refractivity contribution is 5.79. The van der Waals surface area contributed by atoms with Crippen molar-refractivity contribution in [3.63, 3.8) is 0 Å². The highest BCUT2D eigenvalue weighted by Gasteiger charge is 2.59. The third kappa shape index (κ3) is 4.66. The average molecular weight is 635 g/mol. The number of pyridine rings is 1. The van der Waals surface area contributed by atoms with Crippen molar-refractivity contribution in [2.24, 2.45) is 0 Å². The van der Waals surface area contributed by atoms with Gasteiger partial charge >= 0.3 is 5.92 Å². The predicted molar refractivity (Wildman–Crippen MR) is 166 cm³/mol. The average Bonchev–Trinajstić information content (AvgIpc) is 3.75. The topological polar surface area (TPSA) is 136 Å². The molecule has 3 aromatic carbocycles. The fourth-order valence-corrected chi connectivity index (χ4v) is 6.36. The monoisotopic (exact) mass is 634 g/mol. The van der Waals surface area contributed by atoms with Crippen LogP contribution in [0.4, 0.5) is 24.8 Å². The number of anilines is 2. The molecule has 6 aromatic rings. The zero-order valence-electron chi connectivity index (χ0n) is 24.6. The highest BCUT2D eigenvalue weighted by atomic mass is 19.3.